The van der Waals surface area contributed by atoms with Crippen LogP contribution in [0.25, 0.3) is 5.69 Å². The van der Waals surface area contributed by atoms with Gasteiger partial charge in [0.2, 0.25) is 5.56 Å². The molecule has 0 saturated heterocycles. The Bertz CT molecular complexity index is 611. The van der Waals surface area contributed by atoms with Crippen LogP contribution in [0.5, 0.6) is 0 Å². The van der Waals surface area contributed by atoms with Gasteiger partial charge in [0.1, 0.15) is 5.82 Å². The Hall–Kier alpha value is -2.04. The number of hydrogen-bond acceptors (Lipinski definition) is 3. The number of pyridine rings is 1. The van der Waals surface area contributed by atoms with Crippen molar-refractivity contribution in [2.75, 3.05) is 5.73 Å². The van der Waals surface area contributed by atoms with Crippen molar-refractivity contribution < 1.29 is 0 Å². The average molecular weight is 246 g/mol. The first-order valence-corrected chi connectivity index (χ1v) is 5.85. The van der Waals surface area contributed by atoms with Gasteiger partial charge in [0.15, 0.2) is 0 Å². The van der Waals surface area contributed by atoms with Gasteiger partial charge in [0.05, 0.1) is 11.4 Å². The van der Waals surface area contributed by atoms with Crippen molar-refractivity contribution in [2.24, 2.45) is 0 Å². The fourth-order valence-electron chi connectivity index (χ4n) is 1.95. The first-order chi connectivity index (χ1) is 8.30. The van der Waals surface area contributed by atoms with Gasteiger partial charge in [-0.3, -0.25) is 4.79 Å². The fourth-order valence-corrected chi connectivity index (χ4v) is 1.95. The van der Waals surface area contributed by atoms with Gasteiger partial charge in [-0.2, -0.15) is 5.10 Å². The van der Waals surface area contributed by atoms with Crippen LogP contribution in [0.4, 0.5) is 5.82 Å². The van der Waals surface area contributed by atoms with Crippen molar-refractivity contribution in [2.45, 2.75) is 33.1 Å². The van der Waals surface area contributed by atoms with E-state index in [2.05, 4.69) is 30.9 Å². The van der Waals surface area contributed by atoms with Crippen molar-refractivity contribution in [3.05, 3.63) is 39.9 Å². The summed E-state index contributed by atoms with van der Waals surface area (Å²) >= 11 is 0. The molecule has 0 atom stereocenters. The number of hydrogen-bond donors (Lipinski definition) is 2. The Morgan fingerprint density at radius 3 is 2.44 bits per heavy atom. The largest absolute Gasteiger partial charge is 0.383 e. The summed E-state index contributed by atoms with van der Waals surface area (Å²) in [6, 6.07) is 3.16. The summed E-state index contributed by atoms with van der Waals surface area (Å²) in [5.74, 6) is 0.604. The summed E-state index contributed by atoms with van der Waals surface area (Å²) < 4.78 is 1.66. The molecule has 0 bridgehead atoms. The van der Waals surface area contributed by atoms with Gasteiger partial charge in [0.25, 0.3) is 0 Å². The molecule has 2 rings (SSSR count). The Labute approximate surface area is 106 Å². The zero-order valence-corrected chi connectivity index (χ0v) is 11.1. The molecule has 3 N–H and O–H groups in total. The molecule has 2 heterocycles. The number of anilines is 1. The molecular weight excluding hydrogens is 228 g/mol. The SMILES string of the molecule is Cc1c(C(C)(C)C)nn(-c2ccc(=O)[nH]c2)c1N. The van der Waals surface area contributed by atoms with E-state index in [9.17, 15) is 4.79 Å². The van der Waals surface area contributed by atoms with E-state index in [0.29, 0.717) is 5.82 Å². The third-order valence-electron chi connectivity index (χ3n) is 2.89. The molecule has 0 saturated carbocycles. The molecule has 0 amide bonds. The second-order valence-corrected chi connectivity index (χ2v) is 5.43. The van der Waals surface area contributed by atoms with Crippen molar-refractivity contribution >= 4 is 5.82 Å². The molecular formula is C13H18N4O. The van der Waals surface area contributed by atoms with Crippen LogP contribution in [-0.4, -0.2) is 14.8 Å². The number of aromatic amines is 1. The number of aromatic nitrogens is 3. The third kappa shape index (κ3) is 2.03. The van der Waals surface area contributed by atoms with Crippen LogP contribution in [-0.2, 0) is 5.41 Å². The molecule has 18 heavy (non-hydrogen) atoms. The lowest BCUT2D eigenvalue weighted by molar-refractivity contribution is 0.557. The van der Waals surface area contributed by atoms with E-state index in [-0.39, 0.29) is 11.0 Å². The minimum atomic E-state index is -0.141. The highest BCUT2D eigenvalue weighted by molar-refractivity contribution is 5.50. The molecule has 2 aromatic rings. The van der Waals surface area contributed by atoms with Crippen LogP contribution in [0.2, 0.25) is 0 Å². The summed E-state index contributed by atoms with van der Waals surface area (Å²) in [7, 11) is 0. The molecule has 96 valence electrons. The lowest BCUT2D eigenvalue weighted by atomic mass is 9.90. The Morgan fingerprint density at radius 2 is 2.00 bits per heavy atom. The second-order valence-electron chi connectivity index (χ2n) is 5.43. The van der Waals surface area contributed by atoms with E-state index in [4.69, 9.17) is 5.73 Å². The van der Waals surface area contributed by atoms with Crippen LogP contribution >= 0.6 is 0 Å². The highest BCUT2D eigenvalue weighted by atomic mass is 16.1. The molecule has 0 spiro atoms. The molecule has 0 aliphatic heterocycles. The molecule has 0 aliphatic rings. The molecule has 5 heteroatoms. The van der Waals surface area contributed by atoms with E-state index in [0.717, 1.165) is 16.9 Å². The quantitative estimate of drug-likeness (QED) is 0.804. The van der Waals surface area contributed by atoms with Gasteiger partial charge < -0.3 is 10.7 Å². The third-order valence-corrected chi connectivity index (χ3v) is 2.89. The van der Waals surface area contributed by atoms with Crippen LogP contribution in [0.3, 0.4) is 0 Å². The van der Waals surface area contributed by atoms with E-state index in [1.807, 2.05) is 6.92 Å². The number of rotatable bonds is 1. The van der Waals surface area contributed by atoms with Crippen LogP contribution < -0.4 is 11.3 Å². The maximum Gasteiger partial charge on any atom is 0.248 e. The Morgan fingerprint density at radius 1 is 1.33 bits per heavy atom. The summed E-state index contributed by atoms with van der Waals surface area (Å²) in [5.41, 5.74) is 8.57. The van der Waals surface area contributed by atoms with Gasteiger partial charge in [-0.1, -0.05) is 20.8 Å². The van der Waals surface area contributed by atoms with E-state index >= 15 is 0 Å². The Balaban J connectivity index is 2.60. The maximum atomic E-state index is 11.1. The van der Waals surface area contributed by atoms with Crippen molar-refractivity contribution in [3.63, 3.8) is 0 Å². The first-order valence-electron chi connectivity index (χ1n) is 5.85. The maximum absolute atomic E-state index is 11.1. The van der Waals surface area contributed by atoms with Crippen molar-refractivity contribution in [3.8, 4) is 5.69 Å². The van der Waals surface area contributed by atoms with Crippen LogP contribution in [0.15, 0.2) is 23.1 Å². The number of nitrogens with two attached hydrogens (primary N) is 1. The van der Waals surface area contributed by atoms with E-state index in [1.165, 1.54) is 6.07 Å². The van der Waals surface area contributed by atoms with Gasteiger partial charge in [-0.05, 0) is 13.0 Å². The minimum Gasteiger partial charge on any atom is -0.383 e. The standard InChI is InChI=1S/C13H18N4O/c1-8-11(13(2,3)4)16-17(12(8)14)9-5-6-10(18)15-7-9/h5-7H,14H2,1-4H3,(H,15,18). The van der Waals surface area contributed by atoms with Crippen molar-refractivity contribution in [1.29, 1.82) is 0 Å². The lowest BCUT2D eigenvalue weighted by Gasteiger charge is -2.15. The number of nitrogens with one attached hydrogen (secondary N) is 1. The van der Waals surface area contributed by atoms with Gasteiger partial charge in [0, 0.05) is 23.2 Å². The zero-order valence-electron chi connectivity index (χ0n) is 11.1. The number of H-pyrrole nitrogens is 1. The fraction of sp³-hybridized carbons (Fsp3) is 0.385. The molecule has 5 nitrogen and oxygen atoms in total. The smallest absolute Gasteiger partial charge is 0.248 e. The number of nitrogens with zero attached hydrogens (tertiary/aromatic N) is 2. The van der Waals surface area contributed by atoms with Gasteiger partial charge in [-0.15, -0.1) is 0 Å². The predicted molar refractivity (Wildman–Crippen MR) is 72.0 cm³/mol. The highest BCUT2D eigenvalue weighted by Crippen LogP contribution is 2.29. The van der Waals surface area contributed by atoms with E-state index < -0.39 is 0 Å². The topological polar surface area (TPSA) is 76.7 Å². The van der Waals surface area contributed by atoms with Gasteiger partial charge in [-0.25, -0.2) is 4.68 Å². The summed E-state index contributed by atoms with van der Waals surface area (Å²) in [5, 5.41) is 4.55. The minimum absolute atomic E-state index is 0.0638. The van der Waals surface area contributed by atoms with Crippen LogP contribution in [0.1, 0.15) is 32.0 Å². The monoisotopic (exact) mass is 246 g/mol. The molecule has 0 radical (unpaired) electrons. The summed E-state index contributed by atoms with van der Waals surface area (Å²) in [6.07, 6.45) is 1.61. The first kappa shape index (κ1) is 12.4. The Kier molecular flexibility index (Phi) is 2.77. The molecule has 2 aromatic heterocycles. The molecule has 0 aromatic carbocycles. The zero-order chi connectivity index (χ0) is 13.5. The predicted octanol–water partition coefficient (Wildman–Crippen LogP) is 1.75. The normalized spacial score (nSPS) is 11.8. The number of nitrogen functional groups attached to an aromatic ring is 1. The average Bonchev–Trinajstić information content (AvgIpc) is 2.57. The lowest BCUT2D eigenvalue weighted by Crippen LogP contribution is -2.14. The van der Waals surface area contributed by atoms with Crippen molar-refractivity contribution in [1.82, 2.24) is 14.8 Å². The summed E-state index contributed by atoms with van der Waals surface area (Å²) in [6.45, 7) is 8.25. The van der Waals surface area contributed by atoms with Crippen LogP contribution in [0, 0.1) is 6.92 Å². The molecule has 0 unspecified atom stereocenters. The molecule has 0 aliphatic carbocycles. The second kappa shape index (κ2) is 4.01. The van der Waals surface area contributed by atoms with E-state index in [1.54, 1.807) is 16.9 Å². The molecule has 0 fully saturated rings. The van der Waals surface area contributed by atoms with Gasteiger partial charge >= 0.3 is 0 Å². The summed E-state index contributed by atoms with van der Waals surface area (Å²) in [4.78, 5) is 13.7. The highest BCUT2D eigenvalue weighted by Gasteiger charge is 2.23.